The summed E-state index contributed by atoms with van der Waals surface area (Å²) in [5, 5.41) is 9.56. The van der Waals surface area contributed by atoms with Gasteiger partial charge in [-0.15, -0.1) is 0 Å². The molecule has 0 amide bonds. The number of nitrogens with zero attached hydrogens (tertiary/aromatic N) is 2. The molecule has 4 heteroatoms. The molecular formula is C13H12N2O2. The Morgan fingerprint density at radius 2 is 2.12 bits per heavy atom. The second kappa shape index (κ2) is 4.33. The molecule has 17 heavy (non-hydrogen) atoms. The number of pyridine rings is 2. The fourth-order valence-electron chi connectivity index (χ4n) is 1.64. The molecule has 86 valence electrons. The molecule has 1 N–H and O–H groups in total. The van der Waals surface area contributed by atoms with Crippen molar-refractivity contribution in [3.63, 3.8) is 0 Å². The number of hydrogen-bond donors (Lipinski definition) is 1. The van der Waals surface area contributed by atoms with E-state index in [9.17, 15) is 4.79 Å². The van der Waals surface area contributed by atoms with Gasteiger partial charge in [-0.25, -0.2) is 9.78 Å². The zero-order chi connectivity index (χ0) is 12.4. The van der Waals surface area contributed by atoms with Crippen LogP contribution in [-0.2, 0) is 4.79 Å². The molecule has 2 aromatic heterocycles. The van der Waals surface area contributed by atoms with Crippen LogP contribution >= 0.6 is 0 Å². The zero-order valence-electron chi connectivity index (χ0n) is 9.64. The van der Waals surface area contributed by atoms with E-state index in [1.165, 1.54) is 6.08 Å². The lowest BCUT2D eigenvalue weighted by molar-refractivity contribution is -0.131. The third kappa shape index (κ3) is 2.30. The van der Waals surface area contributed by atoms with E-state index in [1.807, 2.05) is 19.9 Å². The van der Waals surface area contributed by atoms with Gasteiger partial charge in [-0.3, -0.25) is 4.98 Å². The number of carbonyl (C=O) groups is 1. The Morgan fingerprint density at radius 1 is 1.35 bits per heavy atom. The Kier molecular flexibility index (Phi) is 2.87. The molecule has 0 aliphatic rings. The number of aromatic nitrogens is 2. The number of aliphatic carboxylic acids is 1. The number of carboxylic acid groups (broad SMARTS) is 1. The second-order valence-electron chi connectivity index (χ2n) is 3.83. The molecule has 0 spiro atoms. The summed E-state index contributed by atoms with van der Waals surface area (Å²) in [6, 6.07) is 3.70. The highest BCUT2D eigenvalue weighted by atomic mass is 16.4. The van der Waals surface area contributed by atoms with Gasteiger partial charge in [0.1, 0.15) is 0 Å². The summed E-state index contributed by atoms with van der Waals surface area (Å²) in [5.74, 6) is -0.977. The van der Waals surface area contributed by atoms with E-state index in [0.717, 1.165) is 28.2 Å². The molecule has 4 nitrogen and oxygen atoms in total. The van der Waals surface area contributed by atoms with Crippen LogP contribution in [0.5, 0.6) is 0 Å². The lowest BCUT2D eigenvalue weighted by Gasteiger charge is -2.04. The van der Waals surface area contributed by atoms with Crippen molar-refractivity contribution >= 4 is 22.9 Å². The maximum atomic E-state index is 10.4. The van der Waals surface area contributed by atoms with Crippen molar-refractivity contribution < 1.29 is 9.90 Å². The molecule has 0 radical (unpaired) electrons. The van der Waals surface area contributed by atoms with Crippen LogP contribution in [0.25, 0.3) is 17.0 Å². The van der Waals surface area contributed by atoms with Gasteiger partial charge in [-0.1, -0.05) is 0 Å². The highest BCUT2D eigenvalue weighted by Crippen LogP contribution is 2.18. The molecule has 0 aliphatic carbocycles. The lowest BCUT2D eigenvalue weighted by atomic mass is 10.1. The summed E-state index contributed by atoms with van der Waals surface area (Å²) < 4.78 is 0. The van der Waals surface area contributed by atoms with Crippen molar-refractivity contribution in [3.8, 4) is 0 Å². The van der Waals surface area contributed by atoms with E-state index in [4.69, 9.17) is 5.11 Å². The molecule has 0 aromatic carbocycles. The Morgan fingerprint density at radius 3 is 2.82 bits per heavy atom. The molecule has 2 aromatic rings. The minimum atomic E-state index is -0.977. The van der Waals surface area contributed by atoms with Crippen LogP contribution < -0.4 is 0 Å². The summed E-state index contributed by atoms with van der Waals surface area (Å²) >= 11 is 0. The topological polar surface area (TPSA) is 63.1 Å². The van der Waals surface area contributed by atoms with Crippen LogP contribution in [0, 0.1) is 13.8 Å². The van der Waals surface area contributed by atoms with Gasteiger partial charge in [-0.05, 0) is 37.6 Å². The Hall–Kier alpha value is -2.23. The van der Waals surface area contributed by atoms with Crippen molar-refractivity contribution in [1.82, 2.24) is 9.97 Å². The average Bonchev–Trinajstić information content (AvgIpc) is 2.31. The SMILES string of the molecule is Cc1ncc(C)c2nc(C=CC(=O)O)ccc12. The molecule has 2 rings (SSSR count). The van der Waals surface area contributed by atoms with Crippen LogP contribution in [-0.4, -0.2) is 21.0 Å². The third-order valence-electron chi connectivity index (χ3n) is 2.53. The highest BCUT2D eigenvalue weighted by molar-refractivity contribution is 5.87. The highest BCUT2D eigenvalue weighted by Gasteiger charge is 2.03. The van der Waals surface area contributed by atoms with Crippen LogP contribution in [0.3, 0.4) is 0 Å². The largest absolute Gasteiger partial charge is 0.478 e. The fourth-order valence-corrected chi connectivity index (χ4v) is 1.64. The maximum absolute atomic E-state index is 10.4. The van der Waals surface area contributed by atoms with E-state index in [1.54, 1.807) is 12.3 Å². The molecule has 0 aliphatic heterocycles. The first kappa shape index (κ1) is 11.3. The van der Waals surface area contributed by atoms with Gasteiger partial charge >= 0.3 is 5.97 Å². The molecular weight excluding hydrogens is 216 g/mol. The Balaban J connectivity index is 2.57. The van der Waals surface area contributed by atoms with Crippen LogP contribution in [0.1, 0.15) is 17.0 Å². The van der Waals surface area contributed by atoms with Gasteiger partial charge in [0.15, 0.2) is 0 Å². The summed E-state index contributed by atoms with van der Waals surface area (Å²) in [6.45, 7) is 3.86. The van der Waals surface area contributed by atoms with Gasteiger partial charge in [0, 0.05) is 23.4 Å². The summed E-state index contributed by atoms with van der Waals surface area (Å²) in [5.41, 5.74) is 3.40. The van der Waals surface area contributed by atoms with E-state index in [-0.39, 0.29) is 0 Å². The van der Waals surface area contributed by atoms with Gasteiger partial charge in [0.2, 0.25) is 0 Å². The van der Waals surface area contributed by atoms with Gasteiger partial charge < -0.3 is 5.11 Å². The van der Waals surface area contributed by atoms with Gasteiger partial charge in [0.25, 0.3) is 0 Å². The van der Waals surface area contributed by atoms with E-state index in [2.05, 4.69) is 9.97 Å². The van der Waals surface area contributed by atoms with Crippen LogP contribution in [0.4, 0.5) is 0 Å². The average molecular weight is 228 g/mol. The monoisotopic (exact) mass is 228 g/mol. The predicted molar refractivity (Wildman–Crippen MR) is 65.7 cm³/mol. The summed E-state index contributed by atoms with van der Waals surface area (Å²) in [4.78, 5) is 19.1. The van der Waals surface area contributed by atoms with E-state index in [0.29, 0.717) is 5.69 Å². The molecule has 0 saturated heterocycles. The molecule has 0 saturated carbocycles. The van der Waals surface area contributed by atoms with Crippen molar-refractivity contribution in [2.24, 2.45) is 0 Å². The Labute approximate surface area is 98.6 Å². The number of carboxylic acids is 1. The van der Waals surface area contributed by atoms with Gasteiger partial charge in [-0.2, -0.15) is 0 Å². The normalized spacial score (nSPS) is 11.2. The third-order valence-corrected chi connectivity index (χ3v) is 2.53. The minimum Gasteiger partial charge on any atom is -0.478 e. The molecule has 2 heterocycles. The molecule has 0 fully saturated rings. The molecule has 0 unspecified atom stereocenters. The maximum Gasteiger partial charge on any atom is 0.328 e. The second-order valence-corrected chi connectivity index (χ2v) is 3.83. The smallest absolute Gasteiger partial charge is 0.328 e. The zero-order valence-corrected chi connectivity index (χ0v) is 9.64. The van der Waals surface area contributed by atoms with Gasteiger partial charge in [0.05, 0.1) is 11.2 Å². The van der Waals surface area contributed by atoms with Crippen molar-refractivity contribution in [1.29, 1.82) is 0 Å². The number of hydrogen-bond acceptors (Lipinski definition) is 3. The fraction of sp³-hybridized carbons (Fsp3) is 0.154. The van der Waals surface area contributed by atoms with Crippen LogP contribution in [0.2, 0.25) is 0 Å². The van der Waals surface area contributed by atoms with Crippen molar-refractivity contribution in [2.75, 3.05) is 0 Å². The number of rotatable bonds is 2. The predicted octanol–water partition coefficient (Wildman–Crippen LogP) is 2.34. The lowest BCUT2D eigenvalue weighted by Crippen LogP contribution is -1.92. The molecule has 0 atom stereocenters. The first-order valence-electron chi connectivity index (χ1n) is 5.22. The van der Waals surface area contributed by atoms with Crippen LogP contribution in [0.15, 0.2) is 24.4 Å². The van der Waals surface area contributed by atoms with E-state index >= 15 is 0 Å². The standard InChI is InChI=1S/C13H12N2O2/c1-8-7-14-9(2)11-5-3-10(15-13(8)11)4-6-12(16)17/h3-7H,1-2H3,(H,16,17). The number of aryl methyl sites for hydroxylation is 2. The summed E-state index contributed by atoms with van der Waals surface area (Å²) in [7, 11) is 0. The number of fused-ring (bicyclic) bond motifs is 1. The first-order valence-corrected chi connectivity index (χ1v) is 5.22. The Bertz CT molecular complexity index is 618. The van der Waals surface area contributed by atoms with Crippen molar-refractivity contribution in [3.05, 3.63) is 41.4 Å². The summed E-state index contributed by atoms with van der Waals surface area (Å²) in [6.07, 6.45) is 4.34. The quantitative estimate of drug-likeness (QED) is 0.801. The van der Waals surface area contributed by atoms with Crippen molar-refractivity contribution in [2.45, 2.75) is 13.8 Å². The molecule has 0 bridgehead atoms. The minimum absolute atomic E-state index is 0.633. The van der Waals surface area contributed by atoms with E-state index < -0.39 is 5.97 Å². The first-order chi connectivity index (χ1) is 8.08.